The van der Waals surface area contributed by atoms with Crippen LogP contribution < -0.4 is 5.32 Å². The maximum Gasteiger partial charge on any atom is 0.220 e. The van der Waals surface area contributed by atoms with Crippen LogP contribution in [-0.4, -0.2) is 140 Å². The summed E-state index contributed by atoms with van der Waals surface area (Å²) in [7, 11) is 0. The average Bonchev–Trinajstić information content (AvgIpc) is 2.05. The van der Waals surface area contributed by atoms with Gasteiger partial charge in [-0.05, 0) is 83.5 Å². The predicted molar refractivity (Wildman–Crippen MR) is 355 cm³/mol. The third kappa shape index (κ3) is 40.9. The van der Waals surface area contributed by atoms with Gasteiger partial charge in [-0.15, -0.1) is 0 Å². The van der Waals surface area contributed by atoms with E-state index in [4.69, 9.17) is 18.9 Å². The number of hydrogen-bond donors (Lipinski definition) is 9. The van der Waals surface area contributed by atoms with Gasteiger partial charge in [0, 0.05) is 6.42 Å². The Balaban J connectivity index is 1.61. The molecule has 14 nitrogen and oxygen atoms in total. The van der Waals surface area contributed by atoms with Crippen LogP contribution in [0.1, 0.15) is 251 Å². The molecule has 14 heteroatoms. The molecule has 1 amide bonds. The summed E-state index contributed by atoms with van der Waals surface area (Å²) in [5.41, 5.74) is 0. The summed E-state index contributed by atoms with van der Waals surface area (Å²) in [4.78, 5) is 13.3. The van der Waals surface area contributed by atoms with Crippen LogP contribution in [0.3, 0.4) is 0 Å². The zero-order valence-corrected chi connectivity index (χ0v) is 54.2. The first-order valence-corrected chi connectivity index (χ1v) is 34.6. The maximum absolute atomic E-state index is 13.3. The number of carbonyl (C=O) groups excluding carboxylic acids is 1. The number of ether oxygens (including phenoxy) is 4. The highest BCUT2D eigenvalue weighted by atomic mass is 16.7. The second-order valence-electron chi connectivity index (χ2n) is 23.9. The fourth-order valence-corrected chi connectivity index (χ4v) is 10.8. The minimum Gasteiger partial charge on any atom is -0.394 e. The van der Waals surface area contributed by atoms with E-state index in [-0.39, 0.29) is 12.5 Å². The van der Waals surface area contributed by atoms with E-state index in [0.29, 0.717) is 19.3 Å². The van der Waals surface area contributed by atoms with Crippen molar-refractivity contribution in [1.82, 2.24) is 5.32 Å². The molecular formula is C73H125NO13. The summed E-state index contributed by atoms with van der Waals surface area (Å²) in [6, 6.07) is -0.836. The molecule has 2 fully saturated rings. The van der Waals surface area contributed by atoms with Crippen molar-refractivity contribution in [2.45, 2.75) is 325 Å². The van der Waals surface area contributed by atoms with E-state index in [0.717, 1.165) is 109 Å². The molecule has 12 unspecified atom stereocenters. The first-order valence-electron chi connectivity index (χ1n) is 34.6. The number of nitrogens with one attached hydrogen (secondary N) is 1. The van der Waals surface area contributed by atoms with Crippen LogP contribution in [0.4, 0.5) is 0 Å². The van der Waals surface area contributed by atoms with Crippen LogP contribution in [0, 0.1) is 0 Å². The Bertz CT molecular complexity index is 1880. The van der Waals surface area contributed by atoms with Gasteiger partial charge in [-0.1, -0.05) is 271 Å². The summed E-state index contributed by atoms with van der Waals surface area (Å²) in [6.45, 7) is 2.74. The molecule has 0 bridgehead atoms. The van der Waals surface area contributed by atoms with Crippen LogP contribution in [0.25, 0.3) is 0 Å². The van der Waals surface area contributed by atoms with Gasteiger partial charge in [0.15, 0.2) is 12.6 Å². The summed E-state index contributed by atoms with van der Waals surface area (Å²) >= 11 is 0. The Labute approximate surface area is 527 Å². The molecule has 0 spiro atoms. The van der Waals surface area contributed by atoms with E-state index in [9.17, 15) is 45.6 Å². The van der Waals surface area contributed by atoms with Gasteiger partial charge >= 0.3 is 0 Å². The predicted octanol–water partition coefficient (Wildman–Crippen LogP) is 14.0. The smallest absolute Gasteiger partial charge is 0.220 e. The average molecular weight is 1220 g/mol. The van der Waals surface area contributed by atoms with Crippen LogP contribution in [0.15, 0.2) is 109 Å². The Hall–Kier alpha value is -3.35. The maximum atomic E-state index is 13.3. The Morgan fingerprint density at radius 3 is 1.22 bits per heavy atom. The van der Waals surface area contributed by atoms with E-state index >= 15 is 0 Å². The van der Waals surface area contributed by atoms with Crippen molar-refractivity contribution in [1.29, 1.82) is 0 Å². The van der Waals surface area contributed by atoms with Crippen molar-refractivity contribution in [3.63, 3.8) is 0 Å². The summed E-state index contributed by atoms with van der Waals surface area (Å²) in [5.74, 6) is -0.213. The normalized spacial score (nSPS) is 24.0. The van der Waals surface area contributed by atoms with Crippen LogP contribution in [-0.2, 0) is 23.7 Å². The number of carbonyl (C=O) groups is 1. The summed E-state index contributed by atoms with van der Waals surface area (Å²) in [5, 5.41) is 87.4. The molecule has 2 aliphatic heterocycles. The zero-order chi connectivity index (χ0) is 63.1. The molecule has 9 N–H and O–H groups in total. The third-order valence-electron chi connectivity index (χ3n) is 16.3. The summed E-state index contributed by atoms with van der Waals surface area (Å²) < 4.78 is 22.9. The molecule has 0 aromatic heterocycles. The molecule has 87 heavy (non-hydrogen) atoms. The molecule has 0 aromatic rings. The van der Waals surface area contributed by atoms with E-state index in [2.05, 4.69) is 129 Å². The van der Waals surface area contributed by atoms with Gasteiger partial charge in [0.25, 0.3) is 0 Å². The first-order chi connectivity index (χ1) is 42.6. The second-order valence-corrected chi connectivity index (χ2v) is 23.9. The highest BCUT2D eigenvalue weighted by Crippen LogP contribution is 2.30. The Kier molecular flexibility index (Phi) is 51.9. The molecule has 0 radical (unpaired) electrons. The van der Waals surface area contributed by atoms with Gasteiger partial charge in [0.2, 0.25) is 5.91 Å². The molecule has 0 saturated carbocycles. The largest absolute Gasteiger partial charge is 0.394 e. The van der Waals surface area contributed by atoms with Crippen molar-refractivity contribution >= 4 is 5.91 Å². The molecule has 12 atom stereocenters. The quantitative estimate of drug-likeness (QED) is 0.0204. The molecule has 0 aromatic carbocycles. The number of aliphatic hydroxyl groups excluding tert-OH is 8. The second kappa shape index (κ2) is 56.6. The minimum absolute atomic E-state index is 0.213. The number of allylic oxidation sites excluding steroid dienone is 18. The van der Waals surface area contributed by atoms with Gasteiger partial charge < -0.3 is 65.1 Å². The molecular weight excluding hydrogens is 1100 g/mol. The lowest BCUT2D eigenvalue weighted by atomic mass is 9.97. The number of amides is 1. The van der Waals surface area contributed by atoms with Crippen molar-refractivity contribution in [2.24, 2.45) is 0 Å². The van der Waals surface area contributed by atoms with E-state index in [1.165, 1.54) is 109 Å². The number of aliphatic hydroxyl groups is 8. The fourth-order valence-electron chi connectivity index (χ4n) is 10.8. The molecule has 0 aliphatic carbocycles. The van der Waals surface area contributed by atoms with Crippen LogP contribution in [0.5, 0.6) is 0 Å². The molecule has 2 saturated heterocycles. The van der Waals surface area contributed by atoms with Gasteiger partial charge in [-0.2, -0.15) is 0 Å². The van der Waals surface area contributed by atoms with Gasteiger partial charge in [0.05, 0.1) is 32.0 Å². The van der Waals surface area contributed by atoms with Gasteiger partial charge in [-0.3, -0.25) is 4.79 Å². The molecule has 2 aliphatic rings. The summed E-state index contributed by atoms with van der Waals surface area (Å²) in [6.07, 6.45) is 63.9. The highest BCUT2D eigenvalue weighted by molar-refractivity contribution is 5.76. The van der Waals surface area contributed by atoms with E-state index < -0.39 is 86.8 Å². The number of unbranched alkanes of at least 4 members (excludes halogenated alkanes) is 24. The lowest BCUT2D eigenvalue weighted by Crippen LogP contribution is -2.65. The van der Waals surface area contributed by atoms with E-state index in [1.807, 2.05) is 0 Å². The van der Waals surface area contributed by atoms with Crippen LogP contribution >= 0.6 is 0 Å². The Morgan fingerprint density at radius 1 is 0.425 bits per heavy atom. The van der Waals surface area contributed by atoms with Crippen molar-refractivity contribution in [3.8, 4) is 0 Å². The molecule has 2 rings (SSSR count). The SMILES string of the molecule is CC/C=C\C/C=C\C/C=C\C/C=C\C/C=C\C/C=C\C/C=C\C/C=C\C/C=C\CCCCCCCCCCCCCC(=O)NC(COC1OC(CO)C(OC2OC(CO)C(O)C(O)C2O)C(O)C1O)C(O)CCCCCCCCCCCCCCCC. The van der Waals surface area contributed by atoms with Gasteiger partial charge in [0.1, 0.15) is 48.8 Å². The number of rotatable bonds is 55. The monoisotopic (exact) mass is 1220 g/mol. The van der Waals surface area contributed by atoms with Gasteiger partial charge in [-0.25, -0.2) is 0 Å². The zero-order valence-electron chi connectivity index (χ0n) is 54.2. The first kappa shape index (κ1) is 79.7. The standard InChI is InChI=1S/C73H125NO13/c1-3-5-7-9-11-13-15-17-19-20-21-22-23-24-25-26-27-28-29-30-31-32-33-34-35-36-37-38-39-40-41-42-43-45-47-49-51-53-55-57-65(78)74-61(62(77)56-54-52-50-48-46-44-18-16-14-12-10-8-6-4-2)60-84-72-70(83)68(81)71(64(59-76)86-72)87-73-69(82)67(80)66(79)63(58-75)85-73/h5,7,11,13,17,19,21-22,24-25,27-28,30-31,33-34,36-37,61-64,66-73,75-77,79-83H,3-4,6,8-10,12,14-16,18,20,23,26,29,32,35,38-60H2,1-2H3,(H,74,78)/b7-5-,13-11-,19-17-,22-21-,25-24-,28-27-,31-30-,34-33-,37-36-. The van der Waals surface area contributed by atoms with Crippen molar-refractivity contribution in [3.05, 3.63) is 109 Å². The van der Waals surface area contributed by atoms with Crippen LogP contribution in [0.2, 0.25) is 0 Å². The molecule has 2 heterocycles. The lowest BCUT2D eigenvalue weighted by molar-refractivity contribution is -0.359. The van der Waals surface area contributed by atoms with Crippen molar-refractivity contribution < 1.29 is 64.6 Å². The topological polar surface area (TPSA) is 228 Å². The third-order valence-corrected chi connectivity index (χ3v) is 16.3. The van der Waals surface area contributed by atoms with Crippen molar-refractivity contribution in [2.75, 3.05) is 19.8 Å². The molecule has 500 valence electrons. The number of hydrogen-bond acceptors (Lipinski definition) is 13. The Morgan fingerprint density at radius 2 is 0.793 bits per heavy atom. The fraction of sp³-hybridized carbons (Fsp3) is 0.740. The highest BCUT2D eigenvalue weighted by Gasteiger charge is 2.51. The minimum atomic E-state index is -1.79. The van der Waals surface area contributed by atoms with E-state index in [1.54, 1.807) is 0 Å². The lowest BCUT2D eigenvalue weighted by Gasteiger charge is -2.46.